The number of aromatic nitrogens is 1. The molecule has 1 unspecified atom stereocenters. The standard InChI is InChI=1S/C32H32FN5O/c1-21-27-20-36-38(26-11-7-15-34-19-26)30(27)17-24-14-13-23(31(21)24)16-29(22-8-3-2-4-9-22)37-32(39)35-18-25-10-5-6-12-28(25)33/h2-12,15,17,19-21,23,29,36H,13-14,16,18H2,1H3,(H2,35,37,39)/t21-,23+,29?/m0/s1. The molecule has 2 aromatic carbocycles. The van der Waals surface area contributed by atoms with Gasteiger partial charge in [0, 0.05) is 36.0 Å². The van der Waals surface area contributed by atoms with Gasteiger partial charge >= 0.3 is 6.03 Å². The van der Waals surface area contributed by atoms with E-state index < -0.39 is 0 Å². The maximum atomic E-state index is 14.0. The van der Waals surface area contributed by atoms with Crippen LogP contribution in [0.1, 0.15) is 43.4 Å². The number of rotatable bonds is 7. The molecule has 3 aromatic rings. The van der Waals surface area contributed by atoms with E-state index in [2.05, 4.69) is 63.5 Å². The number of fused-ring (bicyclic) bond motifs is 1. The van der Waals surface area contributed by atoms with Gasteiger partial charge in [0.25, 0.3) is 0 Å². The number of halogens is 1. The lowest BCUT2D eigenvalue weighted by Gasteiger charge is -2.31. The lowest BCUT2D eigenvalue weighted by Crippen LogP contribution is -2.38. The van der Waals surface area contributed by atoms with Crippen molar-refractivity contribution in [3.05, 3.63) is 131 Å². The normalized spacial score (nSPS) is 20.4. The van der Waals surface area contributed by atoms with Crippen LogP contribution in [0.4, 0.5) is 14.9 Å². The van der Waals surface area contributed by atoms with Crippen molar-refractivity contribution in [2.75, 3.05) is 5.01 Å². The van der Waals surface area contributed by atoms with E-state index in [1.807, 2.05) is 30.5 Å². The number of urea groups is 1. The van der Waals surface area contributed by atoms with Gasteiger partial charge in [-0.2, -0.15) is 0 Å². The molecule has 2 aliphatic carbocycles. The Morgan fingerprint density at radius 1 is 1.13 bits per heavy atom. The Morgan fingerprint density at radius 2 is 1.95 bits per heavy atom. The lowest BCUT2D eigenvalue weighted by molar-refractivity contribution is 0.234. The molecular weight excluding hydrogens is 489 g/mol. The first-order chi connectivity index (χ1) is 19.1. The van der Waals surface area contributed by atoms with Crippen molar-refractivity contribution < 1.29 is 9.18 Å². The maximum Gasteiger partial charge on any atom is 0.315 e. The Hall–Kier alpha value is -4.39. The number of benzene rings is 2. The van der Waals surface area contributed by atoms with Crippen LogP contribution in [0.15, 0.2) is 114 Å². The van der Waals surface area contributed by atoms with Crippen molar-refractivity contribution in [3.8, 4) is 0 Å². The van der Waals surface area contributed by atoms with Gasteiger partial charge in [0.1, 0.15) is 5.82 Å². The van der Waals surface area contributed by atoms with Crippen molar-refractivity contribution >= 4 is 11.7 Å². The van der Waals surface area contributed by atoms with Gasteiger partial charge in [0.2, 0.25) is 0 Å². The summed E-state index contributed by atoms with van der Waals surface area (Å²) in [6.07, 6.45) is 10.9. The Bertz CT molecular complexity index is 1450. The minimum atomic E-state index is -0.320. The minimum absolute atomic E-state index is 0.137. The van der Waals surface area contributed by atoms with Gasteiger partial charge < -0.3 is 16.1 Å². The number of anilines is 1. The summed E-state index contributed by atoms with van der Waals surface area (Å²) in [5.74, 6) is 0.297. The van der Waals surface area contributed by atoms with Crippen LogP contribution in [0.2, 0.25) is 0 Å². The van der Waals surface area contributed by atoms with Crippen LogP contribution in [0.3, 0.4) is 0 Å². The third kappa shape index (κ3) is 5.04. The molecule has 3 aliphatic rings. The Kier molecular flexibility index (Phi) is 6.88. The SMILES string of the molecule is C[C@H]1C2=CNN(c3cccnc3)C2=CC2=C1[C@@H](CC(NC(=O)NCc1ccccc1F)c1ccccc1)CC2. The molecule has 1 aromatic heterocycles. The molecular formula is C32H32FN5O. The predicted molar refractivity (Wildman–Crippen MR) is 151 cm³/mol. The zero-order valence-corrected chi connectivity index (χ0v) is 21.9. The van der Waals surface area contributed by atoms with Gasteiger partial charge in [-0.05, 0) is 60.6 Å². The zero-order valence-electron chi connectivity index (χ0n) is 21.9. The van der Waals surface area contributed by atoms with E-state index in [0.717, 1.165) is 30.5 Å². The highest BCUT2D eigenvalue weighted by atomic mass is 19.1. The summed E-state index contributed by atoms with van der Waals surface area (Å²) in [4.78, 5) is 17.2. The Labute approximate surface area is 228 Å². The van der Waals surface area contributed by atoms with Gasteiger partial charge in [0.05, 0.1) is 23.6 Å². The fourth-order valence-electron chi connectivity index (χ4n) is 6.13. The quantitative estimate of drug-likeness (QED) is 0.341. The molecule has 198 valence electrons. The molecule has 0 fully saturated rings. The number of amides is 2. The molecule has 2 amide bonds. The van der Waals surface area contributed by atoms with Crippen molar-refractivity contribution in [1.82, 2.24) is 21.0 Å². The highest BCUT2D eigenvalue weighted by molar-refractivity contribution is 5.74. The minimum Gasteiger partial charge on any atom is -0.334 e. The smallest absolute Gasteiger partial charge is 0.315 e. The largest absolute Gasteiger partial charge is 0.334 e. The van der Waals surface area contributed by atoms with Crippen LogP contribution >= 0.6 is 0 Å². The number of hydrogen-bond acceptors (Lipinski definition) is 4. The summed E-state index contributed by atoms with van der Waals surface area (Å²) in [5.41, 5.74) is 11.3. The fraction of sp³-hybridized carbons (Fsp3) is 0.250. The van der Waals surface area contributed by atoms with Crippen molar-refractivity contribution in [1.29, 1.82) is 0 Å². The van der Waals surface area contributed by atoms with Crippen molar-refractivity contribution in [2.45, 2.75) is 38.8 Å². The summed E-state index contributed by atoms with van der Waals surface area (Å²) in [5, 5.41) is 8.12. The van der Waals surface area contributed by atoms with Crippen LogP contribution in [-0.4, -0.2) is 11.0 Å². The number of hydrogen-bond donors (Lipinski definition) is 3. The van der Waals surface area contributed by atoms with E-state index in [1.165, 1.54) is 28.5 Å². The number of pyridine rings is 1. The molecule has 7 heteroatoms. The van der Waals surface area contributed by atoms with Gasteiger partial charge in [-0.3, -0.25) is 9.99 Å². The first-order valence-electron chi connectivity index (χ1n) is 13.5. The maximum absolute atomic E-state index is 14.0. The van der Waals surface area contributed by atoms with E-state index in [1.54, 1.807) is 24.4 Å². The molecule has 3 N–H and O–H groups in total. The summed E-state index contributed by atoms with van der Waals surface area (Å²) in [6, 6.07) is 20.1. The van der Waals surface area contributed by atoms with Gasteiger partial charge in [0.15, 0.2) is 0 Å². The number of nitrogens with one attached hydrogen (secondary N) is 3. The van der Waals surface area contributed by atoms with Crippen molar-refractivity contribution in [2.24, 2.45) is 11.8 Å². The monoisotopic (exact) mass is 521 g/mol. The van der Waals surface area contributed by atoms with Crippen molar-refractivity contribution in [3.63, 3.8) is 0 Å². The molecule has 2 heterocycles. The van der Waals surface area contributed by atoms with E-state index in [0.29, 0.717) is 11.5 Å². The first kappa shape index (κ1) is 24.9. The van der Waals surface area contributed by atoms with Crippen LogP contribution in [0.5, 0.6) is 0 Å². The summed E-state index contributed by atoms with van der Waals surface area (Å²) >= 11 is 0. The average Bonchev–Trinajstić information content (AvgIpc) is 3.58. The predicted octanol–water partition coefficient (Wildman–Crippen LogP) is 6.30. The molecule has 39 heavy (non-hydrogen) atoms. The molecule has 1 aliphatic heterocycles. The molecule has 3 atom stereocenters. The van der Waals surface area contributed by atoms with Crippen LogP contribution in [0.25, 0.3) is 0 Å². The first-order valence-corrected chi connectivity index (χ1v) is 13.5. The molecule has 0 saturated heterocycles. The number of carbonyl (C=O) groups is 1. The van der Waals surface area contributed by atoms with E-state index in [-0.39, 0.29) is 30.4 Å². The number of allylic oxidation sites excluding steroid dienone is 4. The van der Waals surface area contributed by atoms with Gasteiger partial charge in [-0.1, -0.05) is 61.0 Å². The highest BCUT2D eigenvalue weighted by Gasteiger charge is 2.39. The van der Waals surface area contributed by atoms with Gasteiger partial charge in [-0.15, -0.1) is 0 Å². The average molecular weight is 522 g/mol. The summed E-state index contributed by atoms with van der Waals surface area (Å²) in [6.45, 7) is 2.42. The molecule has 0 bridgehead atoms. The summed E-state index contributed by atoms with van der Waals surface area (Å²) < 4.78 is 14.0. The van der Waals surface area contributed by atoms with E-state index in [9.17, 15) is 9.18 Å². The third-order valence-corrected chi connectivity index (χ3v) is 8.03. The Morgan fingerprint density at radius 3 is 2.74 bits per heavy atom. The second-order valence-corrected chi connectivity index (χ2v) is 10.4. The third-order valence-electron chi connectivity index (χ3n) is 8.03. The van der Waals surface area contributed by atoms with Crippen LogP contribution in [-0.2, 0) is 6.54 Å². The topological polar surface area (TPSA) is 69.3 Å². The second-order valence-electron chi connectivity index (χ2n) is 10.4. The zero-order chi connectivity index (χ0) is 26.8. The van der Waals surface area contributed by atoms with Crippen LogP contribution in [0, 0.1) is 17.7 Å². The fourth-order valence-corrected chi connectivity index (χ4v) is 6.13. The molecule has 6 rings (SSSR count). The highest BCUT2D eigenvalue weighted by Crippen LogP contribution is 2.49. The van der Waals surface area contributed by atoms with Gasteiger partial charge in [-0.25, -0.2) is 9.18 Å². The molecule has 0 spiro atoms. The molecule has 6 nitrogen and oxygen atoms in total. The Balaban J connectivity index is 1.21. The molecule has 0 saturated carbocycles. The number of nitrogens with zero attached hydrogens (tertiary/aromatic N) is 2. The second kappa shape index (κ2) is 10.8. The van der Waals surface area contributed by atoms with Crippen LogP contribution < -0.4 is 21.1 Å². The number of carbonyl (C=O) groups excluding carboxylic acids is 1. The lowest BCUT2D eigenvalue weighted by atomic mass is 9.78. The summed E-state index contributed by atoms with van der Waals surface area (Å²) in [7, 11) is 0. The molecule has 0 radical (unpaired) electrons. The number of hydrazine groups is 1. The van der Waals surface area contributed by atoms with E-state index in [4.69, 9.17) is 0 Å². The van der Waals surface area contributed by atoms with E-state index >= 15 is 0 Å².